The lowest BCUT2D eigenvalue weighted by Crippen LogP contribution is -2.55. The van der Waals surface area contributed by atoms with Crippen molar-refractivity contribution in [1.82, 2.24) is 35.9 Å². The van der Waals surface area contributed by atoms with Crippen LogP contribution in [0.15, 0.2) is 25.0 Å². The van der Waals surface area contributed by atoms with Crippen LogP contribution in [0.25, 0.3) is 0 Å². The van der Waals surface area contributed by atoms with Gasteiger partial charge in [0.2, 0.25) is 17.7 Å². The molecule has 31 heavy (non-hydrogen) atoms. The Balaban J connectivity index is 1.82. The summed E-state index contributed by atoms with van der Waals surface area (Å²) < 4.78 is 0. The molecule has 13 nitrogen and oxygen atoms in total. The number of carboxylic acid groups (broad SMARTS) is 1. The van der Waals surface area contributed by atoms with Crippen LogP contribution in [0.4, 0.5) is 0 Å². The maximum atomic E-state index is 12.3. The maximum absolute atomic E-state index is 12.3. The SMILES string of the molecule is CC(NC(=O)C(N)Cc1cnc[nH]1)C(=O)NC(C)C(=O)NC(Cc1cnc[nH]1)C(=O)O. The van der Waals surface area contributed by atoms with Crippen LogP contribution in [0.5, 0.6) is 0 Å². The van der Waals surface area contributed by atoms with E-state index in [0.717, 1.165) is 0 Å². The first-order chi connectivity index (χ1) is 14.7. The molecule has 0 radical (unpaired) electrons. The second-order valence-electron chi connectivity index (χ2n) is 7.03. The van der Waals surface area contributed by atoms with Crippen molar-refractivity contribution in [3.63, 3.8) is 0 Å². The summed E-state index contributed by atoms with van der Waals surface area (Å²) in [6.45, 7) is 2.85. The van der Waals surface area contributed by atoms with Crippen molar-refractivity contribution in [2.75, 3.05) is 0 Å². The number of nitrogens with one attached hydrogen (secondary N) is 5. The van der Waals surface area contributed by atoms with Crippen LogP contribution < -0.4 is 21.7 Å². The molecule has 0 bridgehead atoms. The number of hydrogen-bond acceptors (Lipinski definition) is 7. The van der Waals surface area contributed by atoms with Crippen molar-refractivity contribution in [2.24, 2.45) is 5.73 Å². The molecule has 4 atom stereocenters. The summed E-state index contributed by atoms with van der Waals surface area (Å²) in [6.07, 6.45) is 6.07. The van der Waals surface area contributed by atoms with Crippen LogP contribution in [0.2, 0.25) is 0 Å². The number of imidazole rings is 2. The lowest BCUT2D eigenvalue weighted by Gasteiger charge is -2.21. The molecular weight excluding hydrogens is 408 g/mol. The van der Waals surface area contributed by atoms with Crippen LogP contribution in [-0.2, 0) is 32.0 Å². The van der Waals surface area contributed by atoms with Crippen LogP contribution >= 0.6 is 0 Å². The summed E-state index contributed by atoms with van der Waals surface area (Å²) in [6, 6.07) is -4.09. The first-order valence-electron chi connectivity index (χ1n) is 9.51. The van der Waals surface area contributed by atoms with Gasteiger partial charge in [0.1, 0.15) is 18.1 Å². The monoisotopic (exact) mass is 434 g/mol. The molecule has 0 aliphatic carbocycles. The first kappa shape index (κ1) is 23.5. The van der Waals surface area contributed by atoms with Crippen LogP contribution in [0.1, 0.15) is 25.2 Å². The molecule has 2 aromatic rings. The fraction of sp³-hybridized carbons (Fsp3) is 0.444. The quantitative estimate of drug-likeness (QED) is 0.206. The van der Waals surface area contributed by atoms with Crippen molar-refractivity contribution in [3.05, 3.63) is 36.4 Å². The third kappa shape index (κ3) is 7.22. The number of H-pyrrole nitrogens is 2. The molecule has 2 heterocycles. The third-order valence-electron chi connectivity index (χ3n) is 4.43. The molecule has 0 aliphatic heterocycles. The number of hydrogen-bond donors (Lipinski definition) is 7. The van der Waals surface area contributed by atoms with E-state index in [9.17, 15) is 24.3 Å². The topological polar surface area (TPSA) is 208 Å². The highest BCUT2D eigenvalue weighted by Crippen LogP contribution is 2.00. The summed E-state index contributed by atoms with van der Waals surface area (Å²) in [5.41, 5.74) is 7.04. The molecule has 13 heteroatoms. The van der Waals surface area contributed by atoms with E-state index in [1.54, 1.807) is 6.20 Å². The minimum absolute atomic E-state index is 0.00240. The van der Waals surface area contributed by atoms with Gasteiger partial charge in [0.25, 0.3) is 0 Å². The van der Waals surface area contributed by atoms with Crippen molar-refractivity contribution in [3.8, 4) is 0 Å². The van der Waals surface area contributed by atoms with E-state index in [4.69, 9.17) is 5.73 Å². The van der Waals surface area contributed by atoms with Gasteiger partial charge in [-0.2, -0.15) is 0 Å². The predicted octanol–water partition coefficient (Wildman–Crippen LogP) is -2.18. The molecule has 3 amide bonds. The number of nitrogens with zero attached hydrogens (tertiary/aromatic N) is 2. The summed E-state index contributed by atoms with van der Waals surface area (Å²) in [5.74, 6) is -3.08. The van der Waals surface area contributed by atoms with Gasteiger partial charge in [-0.15, -0.1) is 0 Å². The Labute approximate surface area is 177 Å². The lowest BCUT2D eigenvalue weighted by atomic mass is 10.1. The molecule has 0 fully saturated rings. The lowest BCUT2D eigenvalue weighted by molar-refractivity contribution is -0.142. The van der Waals surface area contributed by atoms with Crippen LogP contribution in [0, 0.1) is 0 Å². The van der Waals surface area contributed by atoms with E-state index in [-0.39, 0.29) is 12.8 Å². The molecule has 168 valence electrons. The second kappa shape index (κ2) is 10.9. The highest BCUT2D eigenvalue weighted by molar-refractivity contribution is 5.93. The molecular formula is C18H26N8O5. The number of amides is 3. The van der Waals surface area contributed by atoms with E-state index < -0.39 is 47.9 Å². The molecule has 2 aromatic heterocycles. The second-order valence-corrected chi connectivity index (χ2v) is 7.03. The van der Waals surface area contributed by atoms with Crippen molar-refractivity contribution in [1.29, 1.82) is 0 Å². The van der Waals surface area contributed by atoms with Gasteiger partial charge in [-0.25, -0.2) is 14.8 Å². The summed E-state index contributed by atoms with van der Waals surface area (Å²) in [4.78, 5) is 61.5. The Bertz CT molecular complexity index is 883. The fourth-order valence-electron chi connectivity index (χ4n) is 2.63. The maximum Gasteiger partial charge on any atom is 0.326 e. The fourth-order valence-corrected chi connectivity index (χ4v) is 2.63. The number of aromatic nitrogens is 4. The number of aromatic amines is 2. The number of nitrogens with two attached hydrogens (primary N) is 1. The molecule has 4 unspecified atom stereocenters. The average Bonchev–Trinajstić information content (AvgIpc) is 3.41. The standard InChI is InChI=1S/C18H26N8O5/c1-9(25-17(29)13(19)3-11-5-20-7-22-11)15(27)24-10(2)16(28)26-14(18(30)31)4-12-6-21-8-23-12/h5-10,13-14H,3-4,19H2,1-2H3,(H,20,22)(H,21,23)(H,24,27)(H,25,29)(H,26,28)(H,30,31). The Morgan fingerprint density at radius 1 is 0.903 bits per heavy atom. The smallest absolute Gasteiger partial charge is 0.326 e. The van der Waals surface area contributed by atoms with Crippen molar-refractivity contribution >= 4 is 23.7 Å². The van der Waals surface area contributed by atoms with Gasteiger partial charge in [0.15, 0.2) is 0 Å². The van der Waals surface area contributed by atoms with Gasteiger partial charge in [-0.1, -0.05) is 0 Å². The Morgan fingerprint density at radius 3 is 1.87 bits per heavy atom. The summed E-state index contributed by atoms with van der Waals surface area (Å²) >= 11 is 0. The third-order valence-corrected chi connectivity index (χ3v) is 4.43. The Morgan fingerprint density at radius 2 is 1.39 bits per heavy atom. The van der Waals surface area contributed by atoms with Gasteiger partial charge in [0, 0.05) is 36.6 Å². The molecule has 0 saturated carbocycles. The van der Waals surface area contributed by atoms with E-state index >= 15 is 0 Å². The van der Waals surface area contributed by atoms with Gasteiger partial charge in [-0.05, 0) is 13.8 Å². The number of rotatable bonds is 11. The summed E-state index contributed by atoms with van der Waals surface area (Å²) in [5, 5.41) is 16.6. The minimum Gasteiger partial charge on any atom is -0.480 e. The minimum atomic E-state index is -1.23. The number of carbonyl (C=O) groups is 4. The normalized spacial score (nSPS) is 14.7. The molecule has 0 aliphatic rings. The highest BCUT2D eigenvalue weighted by atomic mass is 16.4. The molecule has 0 aromatic carbocycles. The van der Waals surface area contributed by atoms with Gasteiger partial charge in [0.05, 0.1) is 18.7 Å². The molecule has 0 spiro atoms. The predicted molar refractivity (Wildman–Crippen MR) is 107 cm³/mol. The van der Waals surface area contributed by atoms with Gasteiger partial charge >= 0.3 is 5.97 Å². The Hall–Kier alpha value is -3.74. The highest BCUT2D eigenvalue weighted by Gasteiger charge is 2.27. The van der Waals surface area contributed by atoms with Crippen molar-refractivity contribution < 1.29 is 24.3 Å². The number of carbonyl (C=O) groups excluding carboxylic acids is 3. The van der Waals surface area contributed by atoms with E-state index in [1.807, 2.05) is 0 Å². The van der Waals surface area contributed by atoms with Crippen LogP contribution in [0.3, 0.4) is 0 Å². The van der Waals surface area contributed by atoms with E-state index in [2.05, 4.69) is 35.9 Å². The molecule has 8 N–H and O–H groups in total. The van der Waals surface area contributed by atoms with E-state index in [0.29, 0.717) is 11.4 Å². The molecule has 2 rings (SSSR count). The Kier molecular flexibility index (Phi) is 8.25. The largest absolute Gasteiger partial charge is 0.480 e. The van der Waals surface area contributed by atoms with E-state index in [1.165, 1.54) is 32.7 Å². The zero-order valence-electron chi connectivity index (χ0n) is 17.1. The van der Waals surface area contributed by atoms with Crippen LogP contribution in [-0.4, -0.2) is 72.9 Å². The van der Waals surface area contributed by atoms with Crippen molar-refractivity contribution in [2.45, 2.75) is 50.9 Å². The molecule has 0 saturated heterocycles. The average molecular weight is 434 g/mol. The number of aliphatic carboxylic acids is 1. The first-order valence-corrected chi connectivity index (χ1v) is 9.51. The number of carboxylic acids is 1. The summed E-state index contributed by atoms with van der Waals surface area (Å²) in [7, 11) is 0. The van der Waals surface area contributed by atoms with Gasteiger partial charge in [-0.3, -0.25) is 14.4 Å². The zero-order valence-corrected chi connectivity index (χ0v) is 17.1. The van der Waals surface area contributed by atoms with Gasteiger partial charge < -0.3 is 36.8 Å². The zero-order chi connectivity index (χ0) is 23.0.